The summed E-state index contributed by atoms with van der Waals surface area (Å²) in [6, 6.07) is 21.7. The highest BCUT2D eigenvalue weighted by atomic mass is 16.5. The van der Waals surface area contributed by atoms with Crippen LogP contribution in [0.5, 0.6) is 11.5 Å². The van der Waals surface area contributed by atoms with Gasteiger partial charge in [-0.05, 0) is 60.4 Å². The van der Waals surface area contributed by atoms with E-state index in [0.29, 0.717) is 23.5 Å². The lowest BCUT2D eigenvalue weighted by Gasteiger charge is -2.26. The van der Waals surface area contributed by atoms with Crippen molar-refractivity contribution in [1.29, 1.82) is 0 Å². The van der Waals surface area contributed by atoms with Crippen molar-refractivity contribution in [3.8, 4) is 11.5 Å². The number of hydrogen-bond donors (Lipinski definition) is 1. The lowest BCUT2D eigenvalue weighted by molar-refractivity contribution is -0.140. The first-order chi connectivity index (χ1) is 18.5. The van der Waals surface area contributed by atoms with Gasteiger partial charge in [-0.2, -0.15) is 0 Å². The molecule has 6 nitrogen and oxygen atoms in total. The van der Waals surface area contributed by atoms with Gasteiger partial charge >= 0.3 is 0 Å². The number of amides is 1. The Morgan fingerprint density at radius 1 is 1.03 bits per heavy atom. The maximum absolute atomic E-state index is 13.5. The average Bonchev–Trinajstić information content (AvgIpc) is 3.42. The molecule has 2 aliphatic heterocycles. The fourth-order valence-electron chi connectivity index (χ4n) is 5.21. The Morgan fingerprint density at radius 2 is 1.84 bits per heavy atom. The number of nitrogens with zero attached hydrogens (tertiary/aromatic N) is 1. The molecule has 0 radical (unpaired) electrons. The van der Waals surface area contributed by atoms with Gasteiger partial charge in [0.25, 0.3) is 11.7 Å². The summed E-state index contributed by atoms with van der Waals surface area (Å²) >= 11 is 0. The van der Waals surface area contributed by atoms with E-state index in [1.54, 1.807) is 6.07 Å². The smallest absolute Gasteiger partial charge is 0.295 e. The minimum atomic E-state index is -0.752. The standard InChI is InChI=1S/C32H33NO5/c1-3-4-8-16-37-26-13-9-12-23(19-26)29-28(30(34)24-14-15-27-25(18-24)17-21(2)38-27)31(35)32(36)33(29)20-22-10-6-5-7-11-22/h5-7,9-15,18-19,21,29,34H,3-4,8,16-17,20H2,1-2H3/b30-28+/t21-,29+/m0/s1. The van der Waals surface area contributed by atoms with Gasteiger partial charge in [0, 0.05) is 18.5 Å². The molecule has 2 aliphatic rings. The zero-order valence-corrected chi connectivity index (χ0v) is 21.9. The third-order valence-corrected chi connectivity index (χ3v) is 7.10. The van der Waals surface area contributed by atoms with Crippen molar-refractivity contribution in [3.63, 3.8) is 0 Å². The number of fused-ring (bicyclic) bond motifs is 1. The van der Waals surface area contributed by atoms with E-state index in [1.807, 2.05) is 73.7 Å². The molecule has 5 rings (SSSR count). The highest BCUT2D eigenvalue weighted by molar-refractivity contribution is 6.46. The van der Waals surface area contributed by atoms with Crippen molar-refractivity contribution in [2.75, 3.05) is 6.61 Å². The molecule has 1 amide bonds. The summed E-state index contributed by atoms with van der Waals surface area (Å²) < 4.78 is 11.8. The molecule has 0 aromatic heterocycles. The summed E-state index contributed by atoms with van der Waals surface area (Å²) in [5.41, 5.74) is 3.17. The molecular weight excluding hydrogens is 478 g/mol. The molecule has 0 aliphatic carbocycles. The monoisotopic (exact) mass is 511 g/mol. The van der Waals surface area contributed by atoms with Crippen LogP contribution >= 0.6 is 0 Å². The molecule has 0 bridgehead atoms. The van der Waals surface area contributed by atoms with E-state index in [-0.39, 0.29) is 24.0 Å². The molecule has 1 fully saturated rings. The van der Waals surface area contributed by atoms with Crippen molar-refractivity contribution >= 4 is 17.4 Å². The molecule has 1 saturated heterocycles. The van der Waals surface area contributed by atoms with E-state index in [2.05, 4.69) is 6.92 Å². The Bertz CT molecular complexity index is 1360. The highest BCUT2D eigenvalue weighted by Crippen LogP contribution is 2.42. The second kappa shape index (κ2) is 11.1. The normalized spacial score (nSPS) is 19.9. The van der Waals surface area contributed by atoms with Gasteiger partial charge in [-0.1, -0.05) is 62.2 Å². The molecule has 3 aromatic carbocycles. The summed E-state index contributed by atoms with van der Waals surface area (Å²) in [7, 11) is 0. The fourth-order valence-corrected chi connectivity index (χ4v) is 5.21. The summed E-state index contributed by atoms with van der Waals surface area (Å²) in [6.07, 6.45) is 3.92. The van der Waals surface area contributed by atoms with Gasteiger partial charge in [0.05, 0.1) is 18.2 Å². The Hall–Kier alpha value is -4.06. The maximum Gasteiger partial charge on any atom is 0.295 e. The van der Waals surface area contributed by atoms with Gasteiger partial charge in [0.2, 0.25) is 0 Å². The molecule has 0 unspecified atom stereocenters. The number of benzene rings is 3. The quantitative estimate of drug-likeness (QED) is 0.160. The van der Waals surface area contributed by atoms with E-state index in [4.69, 9.17) is 9.47 Å². The molecule has 0 spiro atoms. The molecule has 0 saturated carbocycles. The van der Waals surface area contributed by atoms with Crippen LogP contribution in [0.4, 0.5) is 0 Å². The van der Waals surface area contributed by atoms with Crippen LogP contribution in [0, 0.1) is 0 Å². The summed E-state index contributed by atoms with van der Waals surface area (Å²) in [5.74, 6) is -0.0493. The van der Waals surface area contributed by atoms with Crippen molar-refractivity contribution in [1.82, 2.24) is 4.90 Å². The number of likely N-dealkylation sites (tertiary alicyclic amines) is 1. The zero-order valence-electron chi connectivity index (χ0n) is 21.9. The number of carbonyl (C=O) groups excluding carboxylic acids is 2. The van der Waals surface area contributed by atoms with Crippen LogP contribution < -0.4 is 9.47 Å². The topological polar surface area (TPSA) is 76.1 Å². The van der Waals surface area contributed by atoms with Crippen molar-refractivity contribution < 1.29 is 24.2 Å². The van der Waals surface area contributed by atoms with Crippen LogP contribution in [0.25, 0.3) is 5.76 Å². The fraction of sp³-hybridized carbons (Fsp3) is 0.312. The number of aliphatic hydroxyl groups excluding tert-OH is 1. The minimum absolute atomic E-state index is 0.0546. The summed E-state index contributed by atoms with van der Waals surface area (Å²) in [5, 5.41) is 11.5. The molecule has 38 heavy (non-hydrogen) atoms. The molecule has 1 N–H and O–H groups in total. The lowest BCUT2D eigenvalue weighted by atomic mass is 9.94. The second-order valence-corrected chi connectivity index (χ2v) is 10.00. The first-order valence-corrected chi connectivity index (χ1v) is 13.3. The molecule has 196 valence electrons. The third kappa shape index (κ3) is 5.17. The number of hydrogen-bond acceptors (Lipinski definition) is 5. The van der Waals surface area contributed by atoms with Crippen LogP contribution in [-0.2, 0) is 22.6 Å². The Balaban J connectivity index is 1.56. The lowest BCUT2D eigenvalue weighted by Crippen LogP contribution is -2.29. The van der Waals surface area contributed by atoms with Gasteiger partial charge in [-0.25, -0.2) is 0 Å². The third-order valence-electron chi connectivity index (χ3n) is 7.10. The van der Waals surface area contributed by atoms with E-state index in [1.165, 1.54) is 4.90 Å². The van der Waals surface area contributed by atoms with E-state index < -0.39 is 17.7 Å². The largest absolute Gasteiger partial charge is 0.507 e. The van der Waals surface area contributed by atoms with Crippen LogP contribution in [0.15, 0.2) is 78.4 Å². The number of carbonyl (C=O) groups is 2. The van der Waals surface area contributed by atoms with Crippen LogP contribution in [0.2, 0.25) is 0 Å². The molecule has 6 heteroatoms. The Kier molecular flexibility index (Phi) is 7.50. The van der Waals surface area contributed by atoms with Gasteiger partial charge in [0.1, 0.15) is 23.4 Å². The number of aliphatic hydroxyl groups is 1. The second-order valence-electron chi connectivity index (χ2n) is 10.00. The van der Waals surface area contributed by atoms with Crippen LogP contribution in [-0.4, -0.2) is 34.4 Å². The predicted octanol–water partition coefficient (Wildman–Crippen LogP) is 6.20. The summed E-state index contributed by atoms with van der Waals surface area (Å²) in [6.45, 7) is 4.97. The molecule has 3 aromatic rings. The van der Waals surface area contributed by atoms with Gasteiger partial charge in [-0.15, -0.1) is 0 Å². The Morgan fingerprint density at radius 3 is 2.63 bits per heavy atom. The zero-order chi connectivity index (χ0) is 26.6. The SMILES string of the molecule is CCCCCOc1cccc([C@@H]2/C(=C(\O)c3ccc4c(c3)C[C@H](C)O4)C(=O)C(=O)N2Cc2ccccc2)c1. The first kappa shape index (κ1) is 25.6. The molecular formula is C32H33NO5. The van der Waals surface area contributed by atoms with Crippen molar-refractivity contribution in [2.45, 2.75) is 58.2 Å². The average molecular weight is 512 g/mol. The van der Waals surface area contributed by atoms with Gasteiger partial charge in [0.15, 0.2) is 0 Å². The van der Waals surface area contributed by atoms with Crippen molar-refractivity contribution in [2.24, 2.45) is 0 Å². The predicted molar refractivity (Wildman–Crippen MR) is 146 cm³/mol. The van der Waals surface area contributed by atoms with Crippen LogP contribution in [0.3, 0.4) is 0 Å². The van der Waals surface area contributed by atoms with Gasteiger partial charge < -0.3 is 19.5 Å². The Labute approximate surface area is 223 Å². The number of Topliss-reactive ketones (excluding diaryl/α,β-unsaturated/α-hetero) is 1. The highest BCUT2D eigenvalue weighted by Gasteiger charge is 2.46. The molecule has 2 atom stereocenters. The van der Waals surface area contributed by atoms with Crippen molar-refractivity contribution in [3.05, 3.63) is 101 Å². The number of ether oxygens (including phenoxy) is 2. The number of unbranched alkanes of at least 4 members (excludes halogenated alkanes) is 2. The first-order valence-electron chi connectivity index (χ1n) is 13.3. The van der Waals surface area contributed by atoms with Crippen LogP contribution in [0.1, 0.15) is 61.4 Å². The summed E-state index contributed by atoms with van der Waals surface area (Å²) in [4.78, 5) is 28.4. The van der Waals surface area contributed by atoms with E-state index >= 15 is 0 Å². The van der Waals surface area contributed by atoms with E-state index in [0.717, 1.165) is 42.6 Å². The number of ketones is 1. The van der Waals surface area contributed by atoms with E-state index in [9.17, 15) is 14.7 Å². The minimum Gasteiger partial charge on any atom is -0.507 e. The maximum atomic E-state index is 13.5. The molecule has 2 heterocycles. The number of rotatable bonds is 9. The van der Waals surface area contributed by atoms with Gasteiger partial charge in [-0.3, -0.25) is 9.59 Å².